The van der Waals surface area contributed by atoms with E-state index >= 15 is 0 Å². The smallest absolute Gasteiger partial charge is 0.355 e. The van der Waals surface area contributed by atoms with E-state index in [0.29, 0.717) is 22.5 Å². The van der Waals surface area contributed by atoms with Gasteiger partial charge in [0.15, 0.2) is 11.8 Å². The fourth-order valence-electron chi connectivity index (χ4n) is 3.65. The molecular formula is C22H17Cl2N7O4. The molecule has 5 rings (SSSR count). The maximum absolute atomic E-state index is 12.8. The van der Waals surface area contributed by atoms with Crippen molar-refractivity contribution in [3.05, 3.63) is 63.1 Å². The number of nitrogens with two attached hydrogens (primary N) is 1. The van der Waals surface area contributed by atoms with Gasteiger partial charge in [0.1, 0.15) is 11.6 Å². The minimum absolute atomic E-state index is 0.0348. The van der Waals surface area contributed by atoms with Crippen LogP contribution in [0.3, 0.4) is 0 Å². The Morgan fingerprint density at radius 3 is 2.69 bits per heavy atom. The topological polar surface area (TPSA) is 157 Å². The van der Waals surface area contributed by atoms with Gasteiger partial charge < -0.3 is 26.2 Å². The molecule has 11 nitrogen and oxygen atoms in total. The van der Waals surface area contributed by atoms with Crippen LogP contribution in [0.4, 0.5) is 23.1 Å². The van der Waals surface area contributed by atoms with Crippen LogP contribution in [0.1, 0.15) is 6.42 Å². The van der Waals surface area contributed by atoms with Crippen molar-refractivity contribution in [2.24, 2.45) is 0 Å². The molecule has 2 aromatic carbocycles. The molecule has 35 heavy (non-hydrogen) atoms. The van der Waals surface area contributed by atoms with Crippen molar-refractivity contribution in [3.8, 4) is 11.4 Å². The Morgan fingerprint density at radius 1 is 1.17 bits per heavy atom. The van der Waals surface area contributed by atoms with Gasteiger partial charge in [-0.1, -0.05) is 29.3 Å². The minimum Gasteiger partial charge on any atom is -0.478 e. The number of carbonyl (C=O) groups is 1. The molecule has 2 aromatic heterocycles. The summed E-state index contributed by atoms with van der Waals surface area (Å²) in [6, 6.07) is 9.85. The van der Waals surface area contributed by atoms with E-state index in [0.717, 1.165) is 4.57 Å². The molecule has 0 aliphatic carbocycles. The summed E-state index contributed by atoms with van der Waals surface area (Å²) in [6.07, 6.45) is 0.865. The lowest BCUT2D eigenvalue weighted by Gasteiger charge is -2.25. The summed E-state index contributed by atoms with van der Waals surface area (Å²) in [5.41, 5.74) is 6.84. The van der Waals surface area contributed by atoms with E-state index in [1.54, 1.807) is 36.4 Å². The zero-order valence-electron chi connectivity index (χ0n) is 17.8. The van der Waals surface area contributed by atoms with Crippen LogP contribution >= 0.6 is 23.2 Å². The van der Waals surface area contributed by atoms with Crippen LogP contribution in [0.25, 0.3) is 16.7 Å². The van der Waals surface area contributed by atoms with Crippen molar-refractivity contribution in [1.82, 2.24) is 19.5 Å². The maximum Gasteiger partial charge on any atom is 0.355 e. The first-order valence-electron chi connectivity index (χ1n) is 10.3. The standard InChI is InChI=1S/C22H17Cl2N7O4/c23-12-2-1-3-13(24)17(12)31-18(25)11-9-26-21(29-19(11)30-22(31)34)27-10-4-5-15-14(8-10)28-20(33)16(35-15)6-7-32/h1-5,8-9,16,32H,6-7,25H2,(H,28,33)(H,27,29,30,34). The molecule has 5 N–H and O–H groups in total. The number of aromatic nitrogens is 4. The molecular weight excluding hydrogens is 497 g/mol. The monoisotopic (exact) mass is 513 g/mol. The molecule has 178 valence electrons. The van der Waals surface area contributed by atoms with Crippen molar-refractivity contribution in [2.45, 2.75) is 12.5 Å². The molecule has 1 aliphatic heterocycles. The first kappa shape index (κ1) is 22.8. The third-order valence-corrected chi connectivity index (χ3v) is 5.90. The second-order valence-corrected chi connectivity index (χ2v) is 8.37. The number of para-hydroxylation sites is 1. The summed E-state index contributed by atoms with van der Waals surface area (Å²) in [6.45, 7) is -0.165. The highest BCUT2D eigenvalue weighted by Crippen LogP contribution is 2.34. The van der Waals surface area contributed by atoms with Gasteiger partial charge in [0.2, 0.25) is 5.95 Å². The van der Waals surface area contributed by atoms with Crippen LogP contribution in [-0.4, -0.2) is 43.2 Å². The van der Waals surface area contributed by atoms with Crippen molar-refractivity contribution >= 4 is 63.3 Å². The van der Waals surface area contributed by atoms with E-state index in [2.05, 4.69) is 25.6 Å². The van der Waals surface area contributed by atoms with Gasteiger partial charge in [0.05, 0.1) is 26.8 Å². The van der Waals surface area contributed by atoms with Crippen molar-refractivity contribution in [3.63, 3.8) is 0 Å². The highest BCUT2D eigenvalue weighted by molar-refractivity contribution is 6.37. The first-order valence-corrected chi connectivity index (χ1v) is 11.1. The van der Waals surface area contributed by atoms with Gasteiger partial charge in [0.25, 0.3) is 5.91 Å². The van der Waals surface area contributed by atoms with E-state index < -0.39 is 11.8 Å². The van der Waals surface area contributed by atoms with Crippen LogP contribution in [0.5, 0.6) is 5.75 Å². The number of hydrogen-bond donors (Lipinski definition) is 4. The summed E-state index contributed by atoms with van der Waals surface area (Å²) < 4.78 is 6.74. The number of aliphatic hydroxyl groups excluding tert-OH is 1. The minimum atomic E-state index is -0.753. The number of nitrogens with one attached hydrogen (secondary N) is 2. The van der Waals surface area contributed by atoms with Gasteiger partial charge in [-0.25, -0.2) is 14.3 Å². The molecule has 1 unspecified atom stereocenters. The Kier molecular flexibility index (Phi) is 5.89. The predicted molar refractivity (Wildman–Crippen MR) is 132 cm³/mol. The lowest BCUT2D eigenvalue weighted by atomic mass is 10.1. The quantitative estimate of drug-likeness (QED) is 0.314. The SMILES string of the molecule is Nc1c2cnc(Nc3ccc4c(c3)NC(=O)C(CCO)O4)nc2nc(=O)n1-c1c(Cl)cccc1Cl. The molecule has 3 heterocycles. The number of hydrogen-bond acceptors (Lipinski definition) is 9. The molecule has 0 saturated carbocycles. The number of nitrogens with zero attached hydrogens (tertiary/aromatic N) is 4. The summed E-state index contributed by atoms with van der Waals surface area (Å²) in [7, 11) is 0. The number of carbonyl (C=O) groups excluding carboxylic acids is 1. The molecule has 13 heteroatoms. The number of nitrogen functional groups attached to an aromatic ring is 1. The summed E-state index contributed by atoms with van der Waals surface area (Å²) in [5, 5.41) is 15.6. The molecule has 0 spiro atoms. The predicted octanol–water partition coefficient (Wildman–Crippen LogP) is 2.89. The van der Waals surface area contributed by atoms with Gasteiger partial charge in [-0.05, 0) is 30.3 Å². The second kappa shape index (κ2) is 9.02. The maximum atomic E-state index is 12.8. The number of halogens is 2. The van der Waals surface area contributed by atoms with Gasteiger partial charge >= 0.3 is 5.69 Å². The average molecular weight is 514 g/mol. The number of amides is 1. The molecule has 4 aromatic rings. The number of ether oxygens (including phenoxy) is 1. The number of aliphatic hydroxyl groups is 1. The molecule has 0 fully saturated rings. The van der Waals surface area contributed by atoms with Gasteiger partial charge in [0, 0.05) is 24.9 Å². The van der Waals surface area contributed by atoms with Gasteiger partial charge in [-0.3, -0.25) is 4.79 Å². The van der Waals surface area contributed by atoms with E-state index in [1.165, 1.54) is 6.20 Å². The third-order valence-electron chi connectivity index (χ3n) is 5.29. The summed E-state index contributed by atoms with van der Waals surface area (Å²) in [5.74, 6) is 0.313. The number of rotatable bonds is 5. The Hall–Kier alpha value is -3.93. The Labute approximate surface area is 207 Å². The zero-order chi connectivity index (χ0) is 24.7. The van der Waals surface area contributed by atoms with Crippen LogP contribution in [0.15, 0.2) is 47.4 Å². The highest BCUT2D eigenvalue weighted by Gasteiger charge is 2.27. The zero-order valence-corrected chi connectivity index (χ0v) is 19.3. The third kappa shape index (κ3) is 4.20. The highest BCUT2D eigenvalue weighted by atomic mass is 35.5. The normalized spacial score (nSPS) is 14.8. The molecule has 0 saturated heterocycles. The van der Waals surface area contributed by atoms with E-state index in [-0.39, 0.29) is 52.1 Å². The largest absolute Gasteiger partial charge is 0.478 e. The Bertz CT molecular complexity index is 1520. The van der Waals surface area contributed by atoms with E-state index in [4.69, 9.17) is 38.8 Å². The lowest BCUT2D eigenvalue weighted by Crippen LogP contribution is -2.37. The van der Waals surface area contributed by atoms with Gasteiger partial charge in [-0.15, -0.1) is 0 Å². The van der Waals surface area contributed by atoms with Crippen LogP contribution in [0.2, 0.25) is 10.0 Å². The number of fused-ring (bicyclic) bond motifs is 2. The van der Waals surface area contributed by atoms with Crippen molar-refractivity contribution < 1.29 is 14.6 Å². The molecule has 1 atom stereocenters. The fraction of sp³-hybridized carbons (Fsp3) is 0.136. The lowest BCUT2D eigenvalue weighted by molar-refractivity contribution is -0.124. The number of anilines is 4. The molecule has 1 amide bonds. The molecule has 0 radical (unpaired) electrons. The fourth-order valence-corrected chi connectivity index (χ4v) is 4.21. The van der Waals surface area contributed by atoms with Crippen molar-refractivity contribution in [1.29, 1.82) is 0 Å². The van der Waals surface area contributed by atoms with E-state index in [1.807, 2.05) is 0 Å². The second-order valence-electron chi connectivity index (χ2n) is 7.56. The van der Waals surface area contributed by atoms with E-state index in [9.17, 15) is 9.59 Å². The molecule has 1 aliphatic rings. The number of benzene rings is 2. The Balaban J connectivity index is 1.47. The molecule has 0 bridgehead atoms. The summed E-state index contributed by atoms with van der Waals surface area (Å²) >= 11 is 12.5. The van der Waals surface area contributed by atoms with Crippen LogP contribution in [-0.2, 0) is 4.79 Å². The average Bonchev–Trinajstić information content (AvgIpc) is 2.81. The van der Waals surface area contributed by atoms with Gasteiger partial charge in [-0.2, -0.15) is 9.97 Å². The van der Waals surface area contributed by atoms with Crippen molar-refractivity contribution in [2.75, 3.05) is 23.0 Å². The van der Waals surface area contributed by atoms with Crippen LogP contribution in [0, 0.1) is 0 Å². The Morgan fingerprint density at radius 2 is 1.94 bits per heavy atom. The summed E-state index contributed by atoms with van der Waals surface area (Å²) in [4.78, 5) is 37.5. The first-order chi connectivity index (χ1) is 16.9. The van der Waals surface area contributed by atoms with Crippen LogP contribution < -0.4 is 26.8 Å².